The fourth-order valence-corrected chi connectivity index (χ4v) is 1.48. The molecule has 0 atom stereocenters. The van der Waals surface area contributed by atoms with E-state index in [-0.39, 0.29) is 5.75 Å². The first kappa shape index (κ1) is 10.8. The van der Waals surface area contributed by atoms with Gasteiger partial charge in [-0.05, 0) is 18.6 Å². The van der Waals surface area contributed by atoms with E-state index in [0.717, 1.165) is 11.8 Å². The lowest BCUT2D eigenvalue weighted by Crippen LogP contribution is -2.05. The zero-order chi connectivity index (χ0) is 10.8. The molecule has 0 saturated heterocycles. The van der Waals surface area contributed by atoms with Gasteiger partial charge < -0.3 is 8.92 Å². The van der Waals surface area contributed by atoms with E-state index in [1.165, 1.54) is 13.2 Å². The van der Waals surface area contributed by atoms with Crippen LogP contribution in [0, 0.1) is 6.92 Å². The molecule has 0 saturated carbocycles. The summed E-state index contributed by atoms with van der Waals surface area (Å²) in [5.74, 6) is 0.862. The Labute approximate surface area is 83.6 Å². The van der Waals surface area contributed by atoms with Crippen molar-refractivity contribution in [2.24, 2.45) is 0 Å². The highest BCUT2D eigenvalue weighted by Crippen LogP contribution is 2.24. The predicted octanol–water partition coefficient (Wildman–Crippen LogP) is 1.34. The van der Waals surface area contributed by atoms with Crippen LogP contribution in [-0.4, -0.2) is 21.8 Å². The molecule has 0 heterocycles. The van der Waals surface area contributed by atoms with Crippen LogP contribution >= 0.6 is 0 Å². The lowest BCUT2D eigenvalue weighted by Gasteiger charge is -2.07. The molecule has 14 heavy (non-hydrogen) atoms. The topological polar surface area (TPSA) is 52.6 Å². The first-order chi connectivity index (χ1) is 6.42. The maximum atomic E-state index is 10.8. The number of hydrogen-bond donors (Lipinski definition) is 0. The van der Waals surface area contributed by atoms with E-state index in [4.69, 9.17) is 8.92 Å². The Morgan fingerprint density at radius 3 is 2.43 bits per heavy atom. The maximum Gasteiger partial charge on any atom is 0.306 e. The molecule has 1 aromatic rings. The monoisotopic (exact) mass is 216 g/mol. The van der Waals surface area contributed by atoms with Crippen molar-refractivity contribution < 1.29 is 17.3 Å². The first-order valence-corrected chi connectivity index (χ1v) is 5.78. The van der Waals surface area contributed by atoms with Crippen LogP contribution in [0.25, 0.3) is 0 Å². The predicted molar refractivity (Wildman–Crippen MR) is 53.2 cm³/mol. The fourth-order valence-electron chi connectivity index (χ4n) is 1.03. The third-order valence-corrected chi connectivity index (χ3v) is 2.12. The van der Waals surface area contributed by atoms with Crippen molar-refractivity contribution in [1.29, 1.82) is 0 Å². The molecule has 5 heteroatoms. The summed E-state index contributed by atoms with van der Waals surface area (Å²) >= 11 is 0. The Morgan fingerprint density at radius 1 is 1.29 bits per heavy atom. The number of aryl methyl sites for hydroxylation is 1. The maximum absolute atomic E-state index is 10.8. The molecule has 1 rings (SSSR count). The smallest absolute Gasteiger partial charge is 0.306 e. The number of ether oxygens (including phenoxy) is 1. The minimum atomic E-state index is -3.47. The second-order valence-electron chi connectivity index (χ2n) is 2.92. The van der Waals surface area contributed by atoms with Gasteiger partial charge in [-0.2, -0.15) is 8.42 Å². The average molecular weight is 216 g/mol. The SMILES string of the molecule is COc1cc(OS(C)(=O)=O)ccc1C. The minimum absolute atomic E-state index is 0.259. The van der Waals surface area contributed by atoms with Gasteiger partial charge >= 0.3 is 10.1 Å². The summed E-state index contributed by atoms with van der Waals surface area (Å²) in [4.78, 5) is 0. The van der Waals surface area contributed by atoms with Gasteiger partial charge in [0.25, 0.3) is 0 Å². The van der Waals surface area contributed by atoms with E-state index in [1.807, 2.05) is 6.92 Å². The molecule has 1 aromatic carbocycles. The molecular formula is C9H12O4S. The van der Waals surface area contributed by atoms with Crippen molar-refractivity contribution in [3.05, 3.63) is 23.8 Å². The number of hydrogen-bond acceptors (Lipinski definition) is 4. The highest BCUT2D eigenvalue weighted by atomic mass is 32.2. The molecule has 0 aliphatic heterocycles. The molecule has 0 amide bonds. The van der Waals surface area contributed by atoms with E-state index in [9.17, 15) is 8.42 Å². The summed E-state index contributed by atoms with van der Waals surface area (Å²) < 4.78 is 31.4. The zero-order valence-corrected chi connectivity index (χ0v) is 9.09. The van der Waals surface area contributed by atoms with E-state index in [0.29, 0.717) is 5.75 Å². The molecule has 4 nitrogen and oxygen atoms in total. The van der Waals surface area contributed by atoms with E-state index < -0.39 is 10.1 Å². The van der Waals surface area contributed by atoms with Crippen molar-refractivity contribution in [1.82, 2.24) is 0 Å². The highest BCUT2D eigenvalue weighted by molar-refractivity contribution is 7.86. The first-order valence-electron chi connectivity index (χ1n) is 3.96. The van der Waals surface area contributed by atoms with Crippen LogP contribution in [0.5, 0.6) is 11.5 Å². The number of benzene rings is 1. The van der Waals surface area contributed by atoms with Gasteiger partial charge in [0.15, 0.2) is 0 Å². The Hall–Kier alpha value is -1.23. The van der Waals surface area contributed by atoms with Gasteiger partial charge in [0.05, 0.1) is 13.4 Å². The molecule has 78 valence electrons. The van der Waals surface area contributed by atoms with Crippen molar-refractivity contribution in [2.75, 3.05) is 13.4 Å². The molecule has 0 aromatic heterocycles. The second kappa shape index (κ2) is 3.88. The number of rotatable bonds is 3. The lowest BCUT2D eigenvalue weighted by molar-refractivity contribution is 0.408. The summed E-state index contributed by atoms with van der Waals surface area (Å²) in [6.07, 6.45) is 0.999. The Kier molecular flexibility index (Phi) is 3.00. The lowest BCUT2D eigenvalue weighted by atomic mass is 10.2. The van der Waals surface area contributed by atoms with Crippen LogP contribution in [0.2, 0.25) is 0 Å². The van der Waals surface area contributed by atoms with Crippen LogP contribution in [0.15, 0.2) is 18.2 Å². The molecule has 0 bridgehead atoms. The van der Waals surface area contributed by atoms with E-state index in [2.05, 4.69) is 0 Å². The molecule has 0 unspecified atom stereocenters. The Balaban J connectivity index is 3.01. The molecule has 0 aliphatic rings. The number of methoxy groups -OCH3 is 1. The average Bonchev–Trinajstić information content (AvgIpc) is 2.06. The largest absolute Gasteiger partial charge is 0.496 e. The molecule has 0 fully saturated rings. The summed E-state index contributed by atoms with van der Waals surface area (Å²) in [6, 6.07) is 4.86. The molecule has 0 N–H and O–H groups in total. The van der Waals surface area contributed by atoms with Crippen LogP contribution in [0.3, 0.4) is 0 Å². The van der Waals surface area contributed by atoms with Crippen LogP contribution in [0.1, 0.15) is 5.56 Å². The molecule has 0 aliphatic carbocycles. The van der Waals surface area contributed by atoms with Gasteiger partial charge in [-0.1, -0.05) is 6.07 Å². The fraction of sp³-hybridized carbons (Fsp3) is 0.333. The van der Waals surface area contributed by atoms with Crippen molar-refractivity contribution in [2.45, 2.75) is 6.92 Å². The van der Waals surface area contributed by atoms with Crippen molar-refractivity contribution in [3.8, 4) is 11.5 Å². The summed E-state index contributed by atoms with van der Waals surface area (Å²) in [7, 11) is -1.95. The van der Waals surface area contributed by atoms with Crippen LogP contribution in [-0.2, 0) is 10.1 Å². The summed E-state index contributed by atoms with van der Waals surface area (Å²) in [5, 5.41) is 0. The van der Waals surface area contributed by atoms with Gasteiger partial charge in [-0.3, -0.25) is 0 Å². The summed E-state index contributed by atoms with van der Waals surface area (Å²) in [6.45, 7) is 1.86. The normalized spacial score (nSPS) is 11.1. The summed E-state index contributed by atoms with van der Waals surface area (Å²) in [5.41, 5.74) is 0.924. The zero-order valence-electron chi connectivity index (χ0n) is 8.27. The molecule has 0 spiro atoms. The van der Waals surface area contributed by atoms with Crippen LogP contribution in [0.4, 0.5) is 0 Å². The van der Waals surface area contributed by atoms with Crippen molar-refractivity contribution >= 4 is 10.1 Å². The van der Waals surface area contributed by atoms with Gasteiger partial charge in [-0.25, -0.2) is 0 Å². The van der Waals surface area contributed by atoms with Gasteiger partial charge in [0.1, 0.15) is 11.5 Å². The highest BCUT2D eigenvalue weighted by Gasteiger charge is 2.06. The molecule has 0 radical (unpaired) electrons. The van der Waals surface area contributed by atoms with Gasteiger partial charge in [-0.15, -0.1) is 0 Å². The van der Waals surface area contributed by atoms with E-state index >= 15 is 0 Å². The molecular weight excluding hydrogens is 204 g/mol. The van der Waals surface area contributed by atoms with Gasteiger partial charge in [0, 0.05) is 6.07 Å². The third-order valence-electron chi connectivity index (χ3n) is 1.63. The van der Waals surface area contributed by atoms with Crippen LogP contribution < -0.4 is 8.92 Å². The quantitative estimate of drug-likeness (QED) is 0.715. The van der Waals surface area contributed by atoms with Gasteiger partial charge in [0.2, 0.25) is 0 Å². The third kappa shape index (κ3) is 2.92. The Bertz CT molecular complexity index is 422. The Morgan fingerprint density at radius 2 is 1.93 bits per heavy atom. The standard InChI is InChI=1S/C9H12O4S/c1-7-4-5-8(6-9(7)12-2)13-14(3,10)11/h4-6H,1-3H3. The van der Waals surface area contributed by atoms with Crippen molar-refractivity contribution in [3.63, 3.8) is 0 Å². The second-order valence-corrected chi connectivity index (χ2v) is 4.49. The minimum Gasteiger partial charge on any atom is -0.496 e. The van der Waals surface area contributed by atoms with E-state index in [1.54, 1.807) is 12.1 Å².